The highest BCUT2D eigenvalue weighted by Crippen LogP contribution is 2.16. The van der Waals surface area contributed by atoms with Crippen LogP contribution < -0.4 is 5.32 Å². The molecule has 1 N–H and O–H groups in total. The fourth-order valence-corrected chi connectivity index (χ4v) is 2.32. The van der Waals surface area contributed by atoms with E-state index in [-0.39, 0.29) is 5.91 Å². The number of rotatable bonds is 4. The lowest BCUT2D eigenvalue weighted by molar-refractivity contribution is -0.138. The lowest BCUT2D eigenvalue weighted by atomic mass is 10.1. The quantitative estimate of drug-likeness (QED) is 0.685. The summed E-state index contributed by atoms with van der Waals surface area (Å²) in [5, 5.41) is 3.35. The molecule has 2 aliphatic heterocycles. The molecule has 0 unspecified atom stereocenters. The summed E-state index contributed by atoms with van der Waals surface area (Å²) in [5.41, 5.74) is 0. The van der Waals surface area contributed by atoms with Gasteiger partial charge in [-0.15, -0.1) is 6.58 Å². The summed E-state index contributed by atoms with van der Waals surface area (Å²) >= 11 is 0. The minimum absolute atomic E-state index is 0.284. The molecular formula is C12H21N3O. The number of hydrogen-bond acceptors (Lipinski definition) is 3. The first-order valence-electron chi connectivity index (χ1n) is 6.14. The van der Waals surface area contributed by atoms with E-state index in [9.17, 15) is 4.79 Å². The van der Waals surface area contributed by atoms with Crippen molar-refractivity contribution in [3.8, 4) is 0 Å². The second kappa shape index (κ2) is 5.46. The molecule has 0 radical (unpaired) electrons. The molecule has 0 aromatic heterocycles. The molecule has 2 heterocycles. The molecule has 2 fully saturated rings. The first-order chi connectivity index (χ1) is 7.81. The molecule has 16 heavy (non-hydrogen) atoms. The first kappa shape index (κ1) is 11.6. The van der Waals surface area contributed by atoms with E-state index in [0.717, 1.165) is 45.7 Å². The zero-order valence-electron chi connectivity index (χ0n) is 9.82. The Hall–Kier alpha value is -0.870. The molecule has 4 heteroatoms. The normalized spacial score (nSPS) is 22.9. The molecule has 4 nitrogen and oxygen atoms in total. The van der Waals surface area contributed by atoms with Crippen LogP contribution in [0.2, 0.25) is 0 Å². The zero-order valence-corrected chi connectivity index (χ0v) is 9.82. The van der Waals surface area contributed by atoms with Crippen molar-refractivity contribution in [2.45, 2.75) is 18.9 Å². The van der Waals surface area contributed by atoms with E-state index in [2.05, 4.69) is 16.8 Å². The van der Waals surface area contributed by atoms with Crippen LogP contribution in [0.25, 0.3) is 0 Å². The van der Waals surface area contributed by atoms with Gasteiger partial charge in [-0.2, -0.15) is 0 Å². The van der Waals surface area contributed by atoms with Gasteiger partial charge in [0.2, 0.25) is 5.91 Å². The number of nitrogens with zero attached hydrogens (tertiary/aromatic N) is 2. The number of allylic oxidation sites excluding steroid dienone is 1. The lowest BCUT2D eigenvalue weighted by Crippen LogP contribution is -2.63. The van der Waals surface area contributed by atoms with Crippen LogP contribution >= 0.6 is 0 Å². The van der Waals surface area contributed by atoms with Gasteiger partial charge in [0.05, 0.1) is 0 Å². The molecule has 0 aromatic rings. The molecule has 2 saturated heterocycles. The molecule has 90 valence electrons. The van der Waals surface area contributed by atoms with Crippen molar-refractivity contribution in [2.24, 2.45) is 0 Å². The second-order valence-electron chi connectivity index (χ2n) is 4.57. The Morgan fingerprint density at radius 2 is 2.06 bits per heavy atom. The smallest absolute Gasteiger partial charge is 0.222 e. The average Bonchev–Trinajstić information content (AvgIpc) is 2.26. The van der Waals surface area contributed by atoms with E-state index in [1.807, 2.05) is 11.0 Å². The number of carbonyl (C=O) groups excluding carboxylic acids is 1. The predicted octanol–water partition coefficient (Wildman–Crippen LogP) is 0.0686. The minimum Gasteiger partial charge on any atom is -0.339 e. The summed E-state index contributed by atoms with van der Waals surface area (Å²) in [7, 11) is 0. The third-order valence-electron chi connectivity index (χ3n) is 3.45. The minimum atomic E-state index is 0.284. The Labute approximate surface area is 97.3 Å². The third kappa shape index (κ3) is 2.62. The lowest BCUT2D eigenvalue weighted by Gasteiger charge is -2.46. The van der Waals surface area contributed by atoms with Crippen LogP contribution in [0.1, 0.15) is 12.8 Å². The van der Waals surface area contributed by atoms with E-state index < -0.39 is 0 Å². The third-order valence-corrected chi connectivity index (χ3v) is 3.45. The van der Waals surface area contributed by atoms with Gasteiger partial charge in [0.25, 0.3) is 0 Å². The van der Waals surface area contributed by atoms with Crippen LogP contribution in [0.4, 0.5) is 0 Å². The van der Waals surface area contributed by atoms with Crippen molar-refractivity contribution in [3.05, 3.63) is 12.7 Å². The number of carbonyl (C=O) groups is 1. The fourth-order valence-electron chi connectivity index (χ4n) is 2.32. The van der Waals surface area contributed by atoms with Gasteiger partial charge in [-0.1, -0.05) is 6.08 Å². The van der Waals surface area contributed by atoms with E-state index in [4.69, 9.17) is 0 Å². The Morgan fingerprint density at radius 3 is 2.69 bits per heavy atom. The fraction of sp³-hybridized carbons (Fsp3) is 0.750. The van der Waals surface area contributed by atoms with Crippen molar-refractivity contribution < 1.29 is 4.79 Å². The Balaban J connectivity index is 1.68. The molecule has 2 rings (SSSR count). The molecule has 0 bridgehead atoms. The number of hydrogen-bond donors (Lipinski definition) is 1. The molecule has 0 spiro atoms. The Kier molecular flexibility index (Phi) is 3.96. The van der Waals surface area contributed by atoms with Gasteiger partial charge in [0.1, 0.15) is 0 Å². The molecule has 0 aromatic carbocycles. The molecule has 0 atom stereocenters. The van der Waals surface area contributed by atoms with E-state index >= 15 is 0 Å². The Morgan fingerprint density at radius 1 is 1.38 bits per heavy atom. The van der Waals surface area contributed by atoms with Gasteiger partial charge >= 0.3 is 0 Å². The van der Waals surface area contributed by atoms with Crippen molar-refractivity contribution in [1.82, 2.24) is 15.1 Å². The van der Waals surface area contributed by atoms with Gasteiger partial charge in [0.15, 0.2) is 0 Å². The first-order valence-corrected chi connectivity index (χ1v) is 6.14. The van der Waals surface area contributed by atoms with Crippen molar-refractivity contribution in [3.63, 3.8) is 0 Å². The number of likely N-dealkylation sites (tertiary alicyclic amines) is 1. The Bertz CT molecular complexity index is 255. The summed E-state index contributed by atoms with van der Waals surface area (Å²) in [4.78, 5) is 16.1. The molecule has 2 aliphatic rings. The predicted molar refractivity (Wildman–Crippen MR) is 64.2 cm³/mol. The maximum Gasteiger partial charge on any atom is 0.222 e. The average molecular weight is 223 g/mol. The highest BCUT2D eigenvalue weighted by Gasteiger charge is 2.34. The molecular weight excluding hydrogens is 202 g/mol. The van der Waals surface area contributed by atoms with Gasteiger partial charge < -0.3 is 10.2 Å². The maximum absolute atomic E-state index is 11.7. The number of nitrogens with one attached hydrogen (secondary N) is 1. The standard InChI is InChI=1S/C12H21N3O/c1-2-3-4-12(16)15-9-11(10-15)14-7-5-13-6-8-14/h2,11,13H,1,3-10H2. The molecule has 0 aliphatic carbocycles. The maximum atomic E-state index is 11.7. The molecule has 0 saturated carbocycles. The SMILES string of the molecule is C=CCCC(=O)N1CC(N2CCNCC2)C1. The van der Waals surface area contributed by atoms with Crippen LogP contribution in [0.3, 0.4) is 0 Å². The van der Waals surface area contributed by atoms with Gasteiger partial charge in [-0.25, -0.2) is 0 Å². The second-order valence-corrected chi connectivity index (χ2v) is 4.57. The van der Waals surface area contributed by atoms with Crippen LogP contribution in [-0.4, -0.2) is 61.0 Å². The van der Waals surface area contributed by atoms with Crippen LogP contribution in [-0.2, 0) is 4.79 Å². The topological polar surface area (TPSA) is 35.6 Å². The number of amides is 1. The van der Waals surface area contributed by atoms with Crippen molar-refractivity contribution in [1.29, 1.82) is 0 Å². The summed E-state index contributed by atoms with van der Waals surface area (Å²) in [6.07, 6.45) is 3.23. The van der Waals surface area contributed by atoms with Crippen LogP contribution in [0.15, 0.2) is 12.7 Å². The summed E-state index contributed by atoms with van der Waals surface area (Å²) in [6, 6.07) is 0.606. The monoisotopic (exact) mass is 223 g/mol. The number of piperazine rings is 1. The van der Waals surface area contributed by atoms with Crippen LogP contribution in [0, 0.1) is 0 Å². The molecule has 1 amide bonds. The highest BCUT2D eigenvalue weighted by molar-refractivity contribution is 5.77. The van der Waals surface area contributed by atoms with Crippen LogP contribution in [0.5, 0.6) is 0 Å². The summed E-state index contributed by atoms with van der Waals surface area (Å²) < 4.78 is 0. The van der Waals surface area contributed by atoms with E-state index in [1.54, 1.807) is 0 Å². The summed E-state index contributed by atoms with van der Waals surface area (Å²) in [6.45, 7) is 9.91. The largest absolute Gasteiger partial charge is 0.339 e. The van der Waals surface area contributed by atoms with Gasteiger partial charge in [0, 0.05) is 51.7 Å². The highest BCUT2D eigenvalue weighted by atomic mass is 16.2. The summed E-state index contributed by atoms with van der Waals surface area (Å²) in [5.74, 6) is 0.284. The zero-order chi connectivity index (χ0) is 11.4. The van der Waals surface area contributed by atoms with Crippen molar-refractivity contribution >= 4 is 5.91 Å². The van der Waals surface area contributed by atoms with E-state index in [1.165, 1.54) is 0 Å². The van der Waals surface area contributed by atoms with Crippen molar-refractivity contribution in [2.75, 3.05) is 39.3 Å². The van der Waals surface area contributed by atoms with Gasteiger partial charge in [-0.3, -0.25) is 9.69 Å². The van der Waals surface area contributed by atoms with Gasteiger partial charge in [-0.05, 0) is 6.42 Å². The van der Waals surface area contributed by atoms with E-state index in [0.29, 0.717) is 12.5 Å².